The predicted octanol–water partition coefficient (Wildman–Crippen LogP) is 0.787. The molecule has 1 heterocycles. The van der Waals surface area contributed by atoms with Gasteiger partial charge in [-0.15, -0.1) is 0 Å². The van der Waals surface area contributed by atoms with E-state index < -0.39 is 0 Å². The summed E-state index contributed by atoms with van der Waals surface area (Å²) < 4.78 is 10.4. The molecule has 1 unspecified atom stereocenters. The molecule has 0 bridgehead atoms. The fourth-order valence-corrected chi connectivity index (χ4v) is 1.81. The Balaban J connectivity index is 1.86. The van der Waals surface area contributed by atoms with Gasteiger partial charge >= 0.3 is 0 Å². The van der Waals surface area contributed by atoms with Gasteiger partial charge in [-0.25, -0.2) is 0 Å². The molecule has 0 radical (unpaired) electrons. The van der Waals surface area contributed by atoms with Gasteiger partial charge in [0.25, 0.3) is 0 Å². The molecule has 1 aliphatic heterocycles. The highest BCUT2D eigenvalue weighted by molar-refractivity contribution is 5.92. The first-order valence-electron chi connectivity index (χ1n) is 6.27. The number of carbonyl (C=O) groups excluding carboxylic acids is 1. The van der Waals surface area contributed by atoms with Crippen molar-refractivity contribution >= 4 is 17.4 Å². The van der Waals surface area contributed by atoms with Crippen molar-refractivity contribution in [3.8, 4) is 5.75 Å². The van der Waals surface area contributed by atoms with E-state index in [2.05, 4.69) is 10.5 Å². The third-order valence-corrected chi connectivity index (χ3v) is 2.94. The Bertz CT molecular complexity index is 481. The first-order chi connectivity index (χ1) is 9.69. The zero-order valence-electron chi connectivity index (χ0n) is 10.9. The van der Waals surface area contributed by atoms with Crippen molar-refractivity contribution in [2.24, 2.45) is 16.8 Å². The summed E-state index contributed by atoms with van der Waals surface area (Å²) in [6, 6.07) is 6.86. The lowest BCUT2D eigenvalue weighted by molar-refractivity contribution is -0.119. The number of amidine groups is 1. The van der Waals surface area contributed by atoms with Crippen LogP contribution >= 0.6 is 0 Å². The molecule has 108 valence electrons. The molecule has 1 aromatic rings. The Morgan fingerprint density at radius 2 is 2.25 bits per heavy atom. The van der Waals surface area contributed by atoms with Crippen molar-refractivity contribution in [2.45, 2.75) is 6.42 Å². The Hall–Kier alpha value is -2.28. The Labute approximate surface area is 116 Å². The highest BCUT2D eigenvalue weighted by Crippen LogP contribution is 2.18. The van der Waals surface area contributed by atoms with Crippen LogP contribution in [-0.2, 0) is 9.53 Å². The second kappa shape index (κ2) is 6.76. The number of benzene rings is 1. The number of carbonyl (C=O) groups is 1. The molecule has 7 heteroatoms. The highest BCUT2D eigenvalue weighted by Gasteiger charge is 2.23. The predicted molar refractivity (Wildman–Crippen MR) is 72.9 cm³/mol. The van der Waals surface area contributed by atoms with Gasteiger partial charge in [-0.05, 0) is 30.7 Å². The number of anilines is 1. The summed E-state index contributed by atoms with van der Waals surface area (Å²) in [5.74, 6) is 0.446. The van der Waals surface area contributed by atoms with Gasteiger partial charge in [0.2, 0.25) is 5.91 Å². The average molecular weight is 279 g/mol. The molecule has 1 aromatic carbocycles. The molecular formula is C13H17N3O4. The van der Waals surface area contributed by atoms with E-state index >= 15 is 0 Å². The number of hydrogen-bond donors (Lipinski definition) is 3. The molecule has 0 saturated carbocycles. The number of rotatable bonds is 5. The number of hydrogen-bond acceptors (Lipinski definition) is 5. The van der Waals surface area contributed by atoms with Crippen LogP contribution in [0, 0.1) is 5.92 Å². The van der Waals surface area contributed by atoms with Crippen molar-refractivity contribution in [3.05, 3.63) is 24.3 Å². The summed E-state index contributed by atoms with van der Waals surface area (Å²) in [5.41, 5.74) is 5.99. The summed E-state index contributed by atoms with van der Waals surface area (Å²) in [5, 5.41) is 14.0. The van der Waals surface area contributed by atoms with Gasteiger partial charge in [-0.1, -0.05) is 5.16 Å². The molecule has 0 aliphatic carbocycles. The number of oxime groups is 1. The van der Waals surface area contributed by atoms with Crippen LogP contribution in [-0.4, -0.2) is 36.8 Å². The van der Waals surface area contributed by atoms with E-state index in [1.807, 2.05) is 0 Å². The molecule has 1 atom stereocenters. The maximum absolute atomic E-state index is 11.9. The lowest BCUT2D eigenvalue weighted by Crippen LogP contribution is -2.22. The Morgan fingerprint density at radius 1 is 1.50 bits per heavy atom. The van der Waals surface area contributed by atoms with Crippen molar-refractivity contribution in [2.75, 3.05) is 25.1 Å². The first-order valence-corrected chi connectivity index (χ1v) is 6.27. The maximum Gasteiger partial charge on any atom is 0.229 e. The lowest BCUT2D eigenvalue weighted by atomic mass is 10.1. The van der Waals surface area contributed by atoms with Gasteiger partial charge in [0, 0.05) is 12.3 Å². The molecule has 7 nitrogen and oxygen atoms in total. The summed E-state index contributed by atoms with van der Waals surface area (Å²) in [7, 11) is 0. The standard InChI is InChI=1S/C13H17N3O4/c14-12(16-18)8-20-11-3-1-10(2-4-11)15-13(17)9-5-6-19-7-9/h1-4,9,18H,5-8H2,(H2,14,16)(H,15,17). The van der Waals surface area contributed by atoms with E-state index in [0.717, 1.165) is 6.42 Å². The minimum absolute atomic E-state index is 0.00161. The van der Waals surface area contributed by atoms with Crippen molar-refractivity contribution in [1.29, 1.82) is 0 Å². The van der Waals surface area contributed by atoms with Gasteiger partial charge < -0.3 is 25.7 Å². The number of amides is 1. The van der Waals surface area contributed by atoms with Crippen LogP contribution in [0.2, 0.25) is 0 Å². The number of ether oxygens (including phenoxy) is 2. The van der Waals surface area contributed by atoms with Crippen molar-refractivity contribution < 1.29 is 19.5 Å². The largest absolute Gasteiger partial charge is 0.486 e. The van der Waals surface area contributed by atoms with Gasteiger partial charge in [-0.3, -0.25) is 4.79 Å². The van der Waals surface area contributed by atoms with Gasteiger partial charge in [0.15, 0.2) is 5.84 Å². The van der Waals surface area contributed by atoms with Crippen molar-refractivity contribution in [3.63, 3.8) is 0 Å². The molecule has 1 amide bonds. The normalized spacial score (nSPS) is 18.8. The fraction of sp³-hybridized carbons (Fsp3) is 0.385. The molecule has 1 aliphatic rings. The minimum atomic E-state index is -0.0773. The molecule has 20 heavy (non-hydrogen) atoms. The van der Waals surface area contributed by atoms with E-state index in [4.69, 9.17) is 20.4 Å². The third-order valence-electron chi connectivity index (χ3n) is 2.94. The van der Waals surface area contributed by atoms with Crippen LogP contribution < -0.4 is 15.8 Å². The summed E-state index contributed by atoms with van der Waals surface area (Å²) in [6.07, 6.45) is 0.757. The monoisotopic (exact) mass is 279 g/mol. The number of nitrogens with two attached hydrogens (primary N) is 1. The zero-order valence-corrected chi connectivity index (χ0v) is 10.9. The summed E-state index contributed by atoms with van der Waals surface area (Å²) >= 11 is 0. The summed E-state index contributed by atoms with van der Waals surface area (Å²) in [4.78, 5) is 11.9. The van der Waals surface area contributed by atoms with Crippen LogP contribution in [0.4, 0.5) is 5.69 Å². The molecule has 2 rings (SSSR count). The third kappa shape index (κ3) is 3.86. The van der Waals surface area contributed by atoms with E-state index in [1.54, 1.807) is 24.3 Å². The fourth-order valence-electron chi connectivity index (χ4n) is 1.81. The van der Waals surface area contributed by atoms with E-state index in [9.17, 15) is 4.79 Å². The zero-order chi connectivity index (χ0) is 14.4. The lowest BCUT2D eigenvalue weighted by Gasteiger charge is -2.10. The topological polar surface area (TPSA) is 106 Å². The highest BCUT2D eigenvalue weighted by atomic mass is 16.5. The Morgan fingerprint density at radius 3 is 2.85 bits per heavy atom. The molecule has 0 aromatic heterocycles. The van der Waals surface area contributed by atoms with E-state index in [1.165, 1.54) is 0 Å². The summed E-state index contributed by atoms with van der Waals surface area (Å²) in [6.45, 7) is 1.12. The molecule has 1 saturated heterocycles. The molecule has 1 fully saturated rings. The van der Waals surface area contributed by atoms with E-state index in [-0.39, 0.29) is 24.3 Å². The molecular weight excluding hydrogens is 262 g/mol. The van der Waals surface area contributed by atoms with Crippen molar-refractivity contribution in [1.82, 2.24) is 0 Å². The van der Waals surface area contributed by atoms with E-state index in [0.29, 0.717) is 24.7 Å². The van der Waals surface area contributed by atoms with Gasteiger partial charge in [0.1, 0.15) is 12.4 Å². The quantitative estimate of drug-likeness (QED) is 0.320. The molecule has 0 spiro atoms. The van der Waals surface area contributed by atoms with Crippen LogP contribution in [0.25, 0.3) is 0 Å². The van der Waals surface area contributed by atoms with Crippen LogP contribution in [0.3, 0.4) is 0 Å². The minimum Gasteiger partial charge on any atom is -0.486 e. The van der Waals surface area contributed by atoms with Gasteiger partial charge in [-0.2, -0.15) is 0 Å². The second-order valence-electron chi connectivity index (χ2n) is 4.45. The Kier molecular flexibility index (Phi) is 4.78. The number of nitrogens with zero attached hydrogens (tertiary/aromatic N) is 1. The van der Waals surface area contributed by atoms with Crippen LogP contribution in [0.15, 0.2) is 29.4 Å². The maximum atomic E-state index is 11.9. The second-order valence-corrected chi connectivity index (χ2v) is 4.45. The first kappa shape index (κ1) is 14.1. The van der Waals surface area contributed by atoms with Gasteiger partial charge in [0.05, 0.1) is 12.5 Å². The van der Waals surface area contributed by atoms with Crippen LogP contribution in [0.5, 0.6) is 5.75 Å². The number of nitrogens with one attached hydrogen (secondary N) is 1. The SMILES string of the molecule is N/C(COc1ccc(NC(=O)C2CCOC2)cc1)=N\O. The average Bonchev–Trinajstić information content (AvgIpc) is 3.00. The smallest absolute Gasteiger partial charge is 0.229 e. The molecule has 4 N–H and O–H groups in total. The van der Waals surface area contributed by atoms with Crippen LogP contribution in [0.1, 0.15) is 6.42 Å².